The zero-order chi connectivity index (χ0) is 15.6. The summed E-state index contributed by atoms with van der Waals surface area (Å²) in [6.07, 6.45) is 8.55. The SMILES string of the molecule is S=C=Nc1ccc2c(c1)CCC(c1ccc(CC3CC3)cc1)=C2. The largest absolute Gasteiger partial charge is 0.195 e. The van der Waals surface area contributed by atoms with Crippen LogP contribution in [0.5, 0.6) is 0 Å². The highest BCUT2D eigenvalue weighted by molar-refractivity contribution is 7.78. The molecule has 2 aliphatic rings. The summed E-state index contributed by atoms with van der Waals surface area (Å²) in [6, 6.07) is 15.5. The highest BCUT2D eigenvalue weighted by Crippen LogP contribution is 2.34. The quantitative estimate of drug-likeness (QED) is 0.508. The summed E-state index contributed by atoms with van der Waals surface area (Å²) >= 11 is 4.68. The fourth-order valence-electron chi connectivity index (χ4n) is 3.34. The topological polar surface area (TPSA) is 12.4 Å². The summed E-state index contributed by atoms with van der Waals surface area (Å²) in [7, 11) is 0. The number of aliphatic imine (C=N–C) groups is 1. The molecule has 0 radical (unpaired) electrons. The second kappa shape index (κ2) is 6.23. The standard InChI is InChI=1S/C21H19NS/c23-14-22-21-10-9-19-12-18(7-8-20(19)13-21)17-5-3-16(4-6-17)11-15-1-2-15/h3-6,9-10,12-13,15H,1-2,7-8,11H2. The van der Waals surface area contributed by atoms with Crippen LogP contribution >= 0.6 is 12.2 Å². The third kappa shape index (κ3) is 3.34. The number of fused-ring (bicyclic) bond motifs is 1. The van der Waals surface area contributed by atoms with Gasteiger partial charge in [-0.15, -0.1) is 0 Å². The molecule has 0 heterocycles. The molecule has 0 spiro atoms. The van der Waals surface area contributed by atoms with Gasteiger partial charge in [0.2, 0.25) is 0 Å². The summed E-state index contributed by atoms with van der Waals surface area (Å²) in [6.45, 7) is 0. The summed E-state index contributed by atoms with van der Waals surface area (Å²) in [5.41, 5.74) is 7.83. The van der Waals surface area contributed by atoms with Crippen molar-refractivity contribution in [1.82, 2.24) is 0 Å². The van der Waals surface area contributed by atoms with E-state index in [4.69, 9.17) is 0 Å². The van der Waals surface area contributed by atoms with Crippen molar-refractivity contribution in [1.29, 1.82) is 0 Å². The fourth-order valence-corrected chi connectivity index (χ4v) is 3.44. The third-order valence-corrected chi connectivity index (χ3v) is 4.93. The van der Waals surface area contributed by atoms with Crippen LogP contribution in [-0.4, -0.2) is 5.16 Å². The summed E-state index contributed by atoms with van der Waals surface area (Å²) in [4.78, 5) is 4.07. The normalized spacial score (nSPS) is 16.3. The van der Waals surface area contributed by atoms with E-state index in [1.54, 1.807) is 0 Å². The van der Waals surface area contributed by atoms with Crippen molar-refractivity contribution in [2.45, 2.75) is 32.1 Å². The molecule has 1 fully saturated rings. The van der Waals surface area contributed by atoms with Gasteiger partial charge in [-0.05, 0) is 90.2 Å². The molecule has 2 aromatic rings. The maximum Gasteiger partial charge on any atom is 0.0742 e. The molecule has 23 heavy (non-hydrogen) atoms. The molecule has 2 aromatic carbocycles. The molecule has 0 aromatic heterocycles. The van der Waals surface area contributed by atoms with E-state index in [1.807, 2.05) is 6.07 Å². The Morgan fingerprint density at radius 3 is 2.61 bits per heavy atom. The summed E-state index contributed by atoms with van der Waals surface area (Å²) < 4.78 is 0. The van der Waals surface area contributed by atoms with Crippen molar-refractivity contribution in [3.63, 3.8) is 0 Å². The van der Waals surface area contributed by atoms with Gasteiger partial charge in [0.25, 0.3) is 0 Å². The number of aryl methyl sites for hydroxylation is 1. The monoisotopic (exact) mass is 317 g/mol. The van der Waals surface area contributed by atoms with Crippen molar-refractivity contribution in [2.24, 2.45) is 10.9 Å². The van der Waals surface area contributed by atoms with Gasteiger partial charge >= 0.3 is 0 Å². The first-order valence-electron chi connectivity index (χ1n) is 8.32. The van der Waals surface area contributed by atoms with E-state index in [9.17, 15) is 0 Å². The first-order valence-corrected chi connectivity index (χ1v) is 8.73. The zero-order valence-corrected chi connectivity index (χ0v) is 13.9. The van der Waals surface area contributed by atoms with E-state index in [-0.39, 0.29) is 0 Å². The number of nitrogens with zero attached hydrogens (tertiary/aromatic N) is 1. The number of benzene rings is 2. The number of hydrogen-bond donors (Lipinski definition) is 0. The van der Waals surface area contributed by atoms with E-state index < -0.39 is 0 Å². The smallest absolute Gasteiger partial charge is 0.0742 e. The summed E-state index contributed by atoms with van der Waals surface area (Å²) in [5.74, 6) is 0.950. The van der Waals surface area contributed by atoms with Crippen molar-refractivity contribution in [3.8, 4) is 0 Å². The third-order valence-electron chi connectivity index (χ3n) is 4.84. The lowest BCUT2D eigenvalue weighted by Crippen LogP contribution is -1.99. The van der Waals surface area contributed by atoms with Crippen LogP contribution in [0.15, 0.2) is 47.5 Å². The average molecular weight is 317 g/mol. The number of isothiocyanates is 1. The van der Waals surface area contributed by atoms with Crippen LogP contribution in [0, 0.1) is 5.92 Å². The minimum Gasteiger partial charge on any atom is -0.195 e. The number of allylic oxidation sites excluding steroid dienone is 1. The second-order valence-corrected chi connectivity index (χ2v) is 6.78. The maximum absolute atomic E-state index is 4.68. The summed E-state index contributed by atoms with van der Waals surface area (Å²) in [5, 5.41) is 2.44. The predicted molar refractivity (Wildman–Crippen MR) is 100 cm³/mol. The Labute approximate surface area is 142 Å². The van der Waals surface area contributed by atoms with Crippen LogP contribution in [0.3, 0.4) is 0 Å². The average Bonchev–Trinajstić information content (AvgIpc) is 3.39. The van der Waals surface area contributed by atoms with Crippen LogP contribution in [-0.2, 0) is 12.8 Å². The minimum atomic E-state index is 0.903. The van der Waals surface area contributed by atoms with E-state index >= 15 is 0 Å². The first kappa shape index (κ1) is 14.6. The van der Waals surface area contributed by atoms with Gasteiger partial charge in [-0.3, -0.25) is 0 Å². The zero-order valence-electron chi connectivity index (χ0n) is 13.1. The van der Waals surface area contributed by atoms with Crippen LogP contribution in [0.2, 0.25) is 0 Å². The Balaban J connectivity index is 1.58. The molecule has 0 saturated heterocycles. The Bertz CT molecular complexity index is 806. The fraction of sp³-hybridized carbons (Fsp3) is 0.286. The molecule has 1 nitrogen and oxygen atoms in total. The highest BCUT2D eigenvalue weighted by atomic mass is 32.1. The van der Waals surface area contributed by atoms with Gasteiger partial charge in [-0.25, -0.2) is 0 Å². The van der Waals surface area contributed by atoms with Crippen LogP contribution in [0.4, 0.5) is 5.69 Å². The van der Waals surface area contributed by atoms with Gasteiger partial charge in [0.1, 0.15) is 0 Å². The first-order chi connectivity index (χ1) is 11.3. The van der Waals surface area contributed by atoms with Gasteiger partial charge in [0.05, 0.1) is 10.8 Å². The van der Waals surface area contributed by atoms with E-state index in [2.05, 4.69) is 64.8 Å². The molecule has 2 aliphatic carbocycles. The molecule has 0 unspecified atom stereocenters. The second-order valence-electron chi connectivity index (χ2n) is 6.60. The van der Waals surface area contributed by atoms with Crippen LogP contribution < -0.4 is 0 Å². The van der Waals surface area contributed by atoms with Crippen LogP contribution in [0.25, 0.3) is 11.6 Å². The van der Waals surface area contributed by atoms with E-state index in [0.29, 0.717) is 0 Å². The number of rotatable bonds is 4. The Kier molecular flexibility index (Phi) is 3.95. The van der Waals surface area contributed by atoms with Crippen molar-refractivity contribution in [3.05, 3.63) is 64.7 Å². The van der Waals surface area contributed by atoms with Crippen molar-refractivity contribution in [2.75, 3.05) is 0 Å². The Morgan fingerprint density at radius 2 is 1.87 bits per heavy atom. The molecule has 1 saturated carbocycles. The van der Waals surface area contributed by atoms with Crippen molar-refractivity contribution >= 4 is 34.7 Å². The number of thiocarbonyl (C=S) groups is 1. The molecule has 0 bridgehead atoms. The van der Waals surface area contributed by atoms with Gasteiger partial charge < -0.3 is 0 Å². The van der Waals surface area contributed by atoms with E-state index in [1.165, 1.54) is 47.1 Å². The Hall–Kier alpha value is -2.02. The predicted octanol–water partition coefficient (Wildman–Crippen LogP) is 5.86. The van der Waals surface area contributed by atoms with Crippen LogP contribution in [0.1, 0.15) is 41.5 Å². The molecule has 0 N–H and O–H groups in total. The molecule has 0 aliphatic heterocycles. The van der Waals surface area contributed by atoms with Gasteiger partial charge in [-0.2, -0.15) is 4.99 Å². The highest BCUT2D eigenvalue weighted by Gasteiger charge is 2.21. The minimum absolute atomic E-state index is 0.903. The number of hydrogen-bond acceptors (Lipinski definition) is 2. The van der Waals surface area contributed by atoms with Gasteiger partial charge in [-0.1, -0.05) is 36.4 Å². The molecule has 2 heteroatoms. The van der Waals surface area contributed by atoms with E-state index in [0.717, 1.165) is 24.4 Å². The molecular weight excluding hydrogens is 298 g/mol. The lowest BCUT2D eigenvalue weighted by Gasteiger charge is -2.17. The lowest BCUT2D eigenvalue weighted by atomic mass is 9.88. The lowest BCUT2D eigenvalue weighted by molar-refractivity contribution is 0.832. The molecule has 0 atom stereocenters. The molecular formula is C21H19NS. The molecule has 4 rings (SSSR count). The molecule has 0 amide bonds. The molecule has 114 valence electrons. The Morgan fingerprint density at radius 1 is 1.04 bits per heavy atom. The maximum atomic E-state index is 4.68. The van der Waals surface area contributed by atoms with Crippen molar-refractivity contribution < 1.29 is 0 Å². The van der Waals surface area contributed by atoms with Gasteiger partial charge in [0.15, 0.2) is 0 Å². The van der Waals surface area contributed by atoms with Gasteiger partial charge in [0, 0.05) is 0 Å².